The lowest BCUT2D eigenvalue weighted by molar-refractivity contribution is -0.139. The molecule has 3 heteroatoms. The summed E-state index contributed by atoms with van der Waals surface area (Å²) in [5.74, 6) is 1.05. The Balaban J connectivity index is 2.32. The van der Waals surface area contributed by atoms with Gasteiger partial charge in [-0.05, 0) is 18.6 Å². The number of ether oxygens (including phenoxy) is 1. The molecule has 1 aliphatic rings. The number of hydrogen-bond acceptors (Lipinski definition) is 3. The summed E-state index contributed by atoms with van der Waals surface area (Å²) in [6, 6.07) is 0. The fourth-order valence-corrected chi connectivity index (χ4v) is 2.08. The number of hydrogen-bond donors (Lipinski definition) is 0. The van der Waals surface area contributed by atoms with Gasteiger partial charge in [-0.2, -0.15) is 0 Å². The van der Waals surface area contributed by atoms with Crippen LogP contribution in [0.5, 0.6) is 0 Å². The second kappa shape index (κ2) is 3.11. The average molecular weight is 146 g/mol. The summed E-state index contributed by atoms with van der Waals surface area (Å²) in [5, 5.41) is 0.134. The molecule has 1 saturated heterocycles. The highest BCUT2D eigenvalue weighted by Gasteiger charge is 2.23. The molecule has 1 heterocycles. The van der Waals surface area contributed by atoms with Gasteiger partial charge in [0.05, 0.1) is 7.11 Å². The first-order valence-corrected chi connectivity index (χ1v) is 4.09. The van der Waals surface area contributed by atoms with E-state index >= 15 is 0 Å². The Hall–Kier alpha value is -0.180. The largest absolute Gasteiger partial charge is 0.468 e. The third-order valence-corrected chi connectivity index (χ3v) is 2.75. The first-order valence-electron chi connectivity index (χ1n) is 3.04. The molecular weight excluding hydrogens is 136 g/mol. The van der Waals surface area contributed by atoms with Crippen molar-refractivity contribution < 1.29 is 9.53 Å². The van der Waals surface area contributed by atoms with Crippen LogP contribution in [0.3, 0.4) is 0 Å². The van der Waals surface area contributed by atoms with Crippen molar-refractivity contribution in [3.05, 3.63) is 0 Å². The van der Waals surface area contributed by atoms with E-state index in [0.29, 0.717) is 0 Å². The van der Waals surface area contributed by atoms with Crippen molar-refractivity contribution in [1.82, 2.24) is 0 Å². The van der Waals surface area contributed by atoms with Gasteiger partial charge >= 0.3 is 5.97 Å². The fourth-order valence-electron chi connectivity index (χ4n) is 0.895. The highest BCUT2D eigenvalue weighted by atomic mass is 32.2. The molecule has 2 nitrogen and oxygen atoms in total. The van der Waals surface area contributed by atoms with Gasteiger partial charge in [-0.25, -0.2) is 0 Å². The van der Waals surface area contributed by atoms with E-state index in [1.54, 1.807) is 11.8 Å². The maximum atomic E-state index is 10.8. The van der Waals surface area contributed by atoms with E-state index in [9.17, 15) is 4.79 Å². The smallest absolute Gasteiger partial charge is 0.318 e. The van der Waals surface area contributed by atoms with E-state index in [2.05, 4.69) is 4.74 Å². The molecule has 52 valence electrons. The van der Waals surface area contributed by atoms with E-state index in [1.807, 2.05) is 0 Å². The van der Waals surface area contributed by atoms with Crippen LogP contribution < -0.4 is 0 Å². The molecule has 0 aromatic heterocycles. The molecule has 0 N–H and O–H groups in total. The Labute approximate surface area is 59.0 Å². The summed E-state index contributed by atoms with van der Waals surface area (Å²) >= 11 is 1.70. The number of thioether (sulfide) groups is 1. The van der Waals surface area contributed by atoms with Crippen LogP contribution in [0.4, 0.5) is 0 Å². The van der Waals surface area contributed by atoms with Crippen molar-refractivity contribution in [1.29, 1.82) is 0 Å². The first-order chi connectivity index (χ1) is 4.34. The molecule has 0 radical (unpaired) electrons. The average Bonchev–Trinajstić information content (AvgIpc) is 2.37. The molecule has 9 heavy (non-hydrogen) atoms. The second-order valence-electron chi connectivity index (χ2n) is 2.02. The zero-order chi connectivity index (χ0) is 6.69. The van der Waals surface area contributed by atoms with E-state index < -0.39 is 0 Å². The Kier molecular flexibility index (Phi) is 2.39. The molecule has 0 bridgehead atoms. The highest BCUT2D eigenvalue weighted by Crippen LogP contribution is 2.26. The van der Waals surface area contributed by atoms with E-state index in [-0.39, 0.29) is 11.2 Å². The summed E-state index contributed by atoms with van der Waals surface area (Å²) in [7, 11) is 1.45. The molecule has 1 rings (SSSR count). The molecule has 1 aliphatic heterocycles. The van der Waals surface area contributed by atoms with Gasteiger partial charge in [-0.3, -0.25) is 4.79 Å². The van der Waals surface area contributed by atoms with Crippen molar-refractivity contribution in [3.63, 3.8) is 0 Å². The van der Waals surface area contributed by atoms with Gasteiger partial charge < -0.3 is 4.74 Å². The van der Waals surface area contributed by atoms with Crippen molar-refractivity contribution >= 4 is 17.7 Å². The minimum Gasteiger partial charge on any atom is -0.468 e. The fraction of sp³-hybridized carbons (Fsp3) is 0.833. The number of esters is 1. The summed E-state index contributed by atoms with van der Waals surface area (Å²) in [6.07, 6.45) is 2.15. The molecule has 0 saturated carbocycles. The summed E-state index contributed by atoms with van der Waals surface area (Å²) < 4.78 is 4.57. The summed E-state index contributed by atoms with van der Waals surface area (Å²) in [5.41, 5.74) is 0. The van der Waals surface area contributed by atoms with Crippen molar-refractivity contribution in [2.24, 2.45) is 0 Å². The van der Waals surface area contributed by atoms with Gasteiger partial charge in [0.2, 0.25) is 0 Å². The molecule has 0 amide bonds. The lowest BCUT2D eigenvalue weighted by Crippen LogP contribution is -2.14. The SMILES string of the molecule is COC(=O)C1CCCS1. The van der Waals surface area contributed by atoms with Crippen LogP contribution in [0.1, 0.15) is 12.8 Å². The van der Waals surface area contributed by atoms with Crippen LogP contribution in [0.25, 0.3) is 0 Å². The standard InChI is InChI=1S/C6H10O2S/c1-8-6(7)5-3-2-4-9-5/h5H,2-4H2,1H3. The Morgan fingerprint density at radius 1 is 1.78 bits per heavy atom. The Bertz CT molecular complexity index is 108. The van der Waals surface area contributed by atoms with Crippen LogP contribution >= 0.6 is 11.8 Å². The molecule has 1 fully saturated rings. The van der Waals surface area contributed by atoms with Gasteiger partial charge in [-0.1, -0.05) is 0 Å². The zero-order valence-corrected chi connectivity index (χ0v) is 6.24. The van der Waals surface area contributed by atoms with Crippen LogP contribution in [-0.4, -0.2) is 24.1 Å². The topological polar surface area (TPSA) is 26.3 Å². The third-order valence-electron chi connectivity index (χ3n) is 1.39. The summed E-state index contributed by atoms with van der Waals surface area (Å²) in [4.78, 5) is 10.8. The minimum absolute atomic E-state index is 0.0579. The maximum Gasteiger partial charge on any atom is 0.318 e. The van der Waals surface area contributed by atoms with Gasteiger partial charge in [0.25, 0.3) is 0 Å². The molecular formula is C6H10O2S. The molecule has 0 aliphatic carbocycles. The molecule has 0 aromatic carbocycles. The number of carbonyl (C=O) groups is 1. The normalized spacial score (nSPS) is 26.1. The lowest BCUT2D eigenvalue weighted by atomic mass is 10.2. The molecule has 0 spiro atoms. The van der Waals surface area contributed by atoms with E-state index in [1.165, 1.54) is 7.11 Å². The highest BCUT2D eigenvalue weighted by molar-refractivity contribution is 8.00. The van der Waals surface area contributed by atoms with Crippen molar-refractivity contribution in [2.45, 2.75) is 18.1 Å². The Morgan fingerprint density at radius 2 is 2.56 bits per heavy atom. The first kappa shape index (κ1) is 6.93. The predicted molar refractivity (Wildman–Crippen MR) is 37.5 cm³/mol. The van der Waals surface area contributed by atoms with Crippen LogP contribution in [0.2, 0.25) is 0 Å². The molecule has 0 aromatic rings. The van der Waals surface area contributed by atoms with Crippen LogP contribution in [0, 0.1) is 0 Å². The summed E-state index contributed by atoms with van der Waals surface area (Å²) in [6.45, 7) is 0. The number of methoxy groups -OCH3 is 1. The second-order valence-corrected chi connectivity index (χ2v) is 3.34. The van der Waals surface area contributed by atoms with Gasteiger partial charge in [0.15, 0.2) is 0 Å². The molecule has 1 atom stereocenters. The number of carbonyl (C=O) groups excluding carboxylic acids is 1. The third kappa shape index (κ3) is 1.61. The van der Waals surface area contributed by atoms with Crippen molar-refractivity contribution in [2.75, 3.05) is 12.9 Å². The monoisotopic (exact) mass is 146 g/mol. The van der Waals surface area contributed by atoms with E-state index in [0.717, 1.165) is 18.6 Å². The predicted octanol–water partition coefficient (Wildman–Crippen LogP) is 1.05. The maximum absolute atomic E-state index is 10.8. The van der Waals surface area contributed by atoms with Gasteiger partial charge in [0.1, 0.15) is 5.25 Å². The molecule has 1 unspecified atom stereocenters. The van der Waals surface area contributed by atoms with Gasteiger partial charge in [-0.15, -0.1) is 11.8 Å². The van der Waals surface area contributed by atoms with E-state index in [4.69, 9.17) is 0 Å². The Morgan fingerprint density at radius 3 is 3.00 bits per heavy atom. The quantitative estimate of drug-likeness (QED) is 0.517. The zero-order valence-electron chi connectivity index (χ0n) is 5.42. The van der Waals surface area contributed by atoms with Gasteiger partial charge in [0, 0.05) is 0 Å². The lowest BCUT2D eigenvalue weighted by Gasteiger charge is -2.02. The minimum atomic E-state index is -0.0579. The van der Waals surface area contributed by atoms with Crippen LogP contribution in [0.15, 0.2) is 0 Å². The number of rotatable bonds is 1. The van der Waals surface area contributed by atoms with Crippen molar-refractivity contribution in [3.8, 4) is 0 Å². The van der Waals surface area contributed by atoms with Crippen LogP contribution in [-0.2, 0) is 9.53 Å².